The molecule has 1 N–H and O–H groups in total. The third kappa shape index (κ3) is 4.68. The molecule has 0 saturated heterocycles. The number of carbonyl (C=O) groups excluding carboxylic acids is 1. The van der Waals surface area contributed by atoms with Gasteiger partial charge in [0.2, 0.25) is 5.91 Å². The molecule has 0 aliphatic carbocycles. The van der Waals surface area contributed by atoms with Crippen molar-refractivity contribution in [3.05, 3.63) is 121 Å². The second kappa shape index (κ2) is 9.53. The first-order valence-corrected chi connectivity index (χ1v) is 12.4. The van der Waals surface area contributed by atoms with E-state index < -0.39 is 16.8 Å². The monoisotopic (exact) mass is 425 g/mol. The Morgan fingerprint density at radius 1 is 0.600 bits per heavy atom. The number of amides is 1. The normalized spacial score (nSPS) is 10.6. The average molecular weight is 426 g/mol. The lowest BCUT2D eigenvalue weighted by atomic mass is 10.2. The Hall–Kier alpha value is -3.20. The maximum absolute atomic E-state index is 12.6. The Labute approximate surface area is 178 Å². The smallest absolute Gasteiger partial charge is 0.353 e. The van der Waals surface area contributed by atoms with Crippen molar-refractivity contribution in [3.63, 3.8) is 0 Å². The maximum Gasteiger partial charge on any atom is 0.435 e. The van der Waals surface area contributed by atoms with Gasteiger partial charge >= 0.3 is 8.84 Å². The van der Waals surface area contributed by atoms with Gasteiger partial charge in [0.25, 0.3) is 0 Å². The van der Waals surface area contributed by atoms with Crippen LogP contribution in [0.2, 0.25) is 0 Å². The van der Waals surface area contributed by atoms with E-state index >= 15 is 0 Å². The number of nitrogens with one attached hydrogen (secondary N) is 1. The van der Waals surface area contributed by atoms with Crippen molar-refractivity contribution in [1.82, 2.24) is 4.98 Å². The van der Waals surface area contributed by atoms with E-state index in [2.05, 4.69) is 53.5 Å². The highest BCUT2D eigenvalue weighted by atomic mass is 31.1. The summed E-state index contributed by atoms with van der Waals surface area (Å²) in [6.07, 6.45) is 0. The molecule has 0 aromatic heterocycles. The van der Waals surface area contributed by atoms with Gasteiger partial charge in [0.15, 0.2) is 0 Å². The molecule has 4 rings (SSSR count). The van der Waals surface area contributed by atoms with Crippen LogP contribution in [-0.2, 0) is 4.46 Å². The molecule has 1 amide bonds. The standard InChI is InChI=1S/C25H20NO2PSi/c27-25(26-30(28)24-14-8-3-9-15-24)20-16-18-23(19-17-20)29(21-10-4-1-5-11-21)22-12-6-2-7-13-22/h1-19H,(H,26,27). The highest BCUT2D eigenvalue weighted by Crippen LogP contribution is 2.32. The first kappa shape index (κ1) is 20.1. The predicted octanol–water partition coefficient (Wildman–Crippen LogP) is 3.00. The Kier molecular flexibility index (Phi) is 6.38. The first-order chi connectivity index (χ1) is 14.7. The highest BCUT2D eigenvalue weighted by molar-refractivity contribution is 7.79. The summed E-state index contributed by atoms with van der Waals surface area (Å²) < 4.78 is 12.4. The van der Waals surface area contributed by atoms with Gasteiger partial charge in [-0.1, -0.05) is 103 Å². The maximum atomic E-state index is 12.6. The summed E-state index contributed by atoms with van der Waals surface area (Å²) in [4.78, 5) is 15.2. The molecule has 0 saturated carbocycles. The third-order valence-electron chi connectivity index (χ3n) is 4.68. The van der Waals surface area contributed by atoms with Crippen LogP contribution in [0, 0.1) is 0 Å². The molecule has 146 valence electrons. The highest BCUT2D eigenvalue weighted by Gasteiger charge is 2.18. The summed E-state index contributed by atoms with van der Waals surface area (Å²) in [7, 11) is -3.09. The topological polar surface area (TPSA) is 46.2 Å². The molecule has 30 heavy (non-hydrogen) atoms. The fourth-order valence-corrected chi connectivity index (χ4v) is 6.47. The lowest BCUT2D eigenvalue weighted by Crippen LogP contribution is -2.40. The Morgan fingerprint density at radius 3 is 1.53 bits per heavy atom. The molecule has 0 heterocycles. The van der Waals surface area contributed by atoms with Gasteiger partial charge in [0.1, 0.15) is 0 Å². The van der Waals surface area contributed by atoms with Gasteiger partial charge in [-0.05, 0) is 36.0 Å². The zero-order chi connectivity index (χ0) is 20.8. The van der Waals surface area contributed by atoms with Crippen molar-refractivity contribution in [2.75, 3.05) is 0 Å². The van der Waals surface area contributed by atoms with Gasteiger partial charge in [-0.2, -0.15) is 0 Å². The zero-order valence-electron chi connectivity index (χ0n) is 16.2. The van der Waals surface area contributed by atoms with E-state index in [1.165, 1.54) is 10.6 Å². The van der Waals surface area contributed by atoms with Gasteiger partial charge in [-0.3, -0.25) is 4.79 Å². The lowest BCUT2D eigenvalue weighted by molar-refractivity contribution is 0.0978. The van der Waals surface area contributed by atoms with Crippen LogP contribution in [0.4, 0.5) is 0 Å². The largest absolute Gasteiger partial charge is 0.435 e. The molecule has 0 unspecified atom stereocenters. The van der Waals surface area contributed by atoms with E-state index in [0.717, 1.165) is 5.30 Å². The number of hydrogen-bond donors (Lipinski definition) is 1. The van der Waals surface area contributed by atoms with Crippen LogP contribution in [0.5, 0.6) is 0 Å². The van der Waals surface area contributed by atoms with Crippen LogP contribution >= 0.6 is 7.92 Å². The van der Waals surface area contributed by atoms with E-state index in [-0.39, 0.29) is 5.91 Å². The van der Waals surface area contributed by atoms with Crippen molar-refractivity contribution in [2.45, 2.75) is 0 Å². The second-order valence-corrected chi connectivity index (χ2v) is 10.4. The Bertz CT molecular complexity index is 1090. The van der Waals surface area contributed by atoms with Crippen LogP contribution in [0.15, 0.2) is 115 Å². The summed E-state index contributed by atoms with van der Waals surface area (Å²) in [5.74, 6) is -0.321. The van der Waals surface area contributed by atoms with Gasteiger partial charge in [-0.25, -0.2) is 0 Å². The Morgan fingerprint density at radius 2 is 1.03 bits per heavy atom. The van der Waals surface area contributed by atoms with Crippen molar-refractivity contribution in [2.24, 2.45) is 0 Å². The van der Waals surface area contributed by atoms with Crippen LogP contribution in [0.3, 0.4) is 0 Å². The summed E-state index contributed by atoms with van der Waals surface area (Å²) in [5, 5.41) is 4.31. The summed E-state index contributed by atoms with van der Waals surface area (Å²) in [6, 6.07) is 37.5. The molecule has 0 fully saturated rings. The SMILES string of the molecule is O=C(N[Si](=O)c1ccccc1)c1ccc(P(c2ccccc2)c2ccccc2)cc1. The quantitative estimate of drug-likeness (QED) is 0.381. The zero-order valence-corrected chi connectivity index (χ0v) is 18.1. The van der Waals surface area contributed by atoms with Gasteiger partial charge in [0.05, 0.1) is 0 Å². The van der Waals surface area contributed by atoms with E-state index in [9.17, 15) is 9.26 Å². The summed E-state index contributed by atoms with van der Waals surface area (Å²) in [5.41, 5.74) is 0.504. The molecular formula is C25H20NO2PSi. The van der Waals surface area contributed by atoms with E-state index in [4.69, 9.17) is 0 Å². The molecule has 4 aromatic rings. The van der Waals surface area contributed by atoms with Crippen LogP contribution in [-0.4, -0.2) is 14.8 Å². The minimum Gasteiger partial charge on any atom is -0.353 e. The molecule has 3 nitrogen and oxygen atoms in total. The predicted molar refractivity (Wildman–Crippen MR) is 125 cm³/mol. The number of hydrogen-bond acceptors (Lipinski definition) is 2. The molecular weight excluding hydrogens is 405 g/mol. The minimum absolute atomic E-state index is 0.321. The van der Waals surface area contributed by atoms with Gasteiger partial charge in [0, 0.05) is 10.8 Å². The lowest BCUT2D eigenvalue weighted by Gasteiger charge is -2.19. The second-order valence-electron chi connectivity index (χ2n) is 6.70. The molecule has 0 aliphatic heterocycles. The minimum atomic E-state index is -2.37. The van der Waals surface area contributed by atoms with E-state index in [0.29, 0.717) is 10.8 Å². The third-order valence-corrected chi connectivity index (χ3v) is 8.43. The van der Waals surface area contributed by atoms with Gasteiger partial charge < -0.3 is 9.44 Å². The Balaban J connectivity index is 1.58. The number of carbonyl (C=O) groups is 1. The van der Waals surface area contributed by atoms with Crippen LogP contribution in [0.1, 0.15) is 10.4 Å². The first-order valence-electron chi connectivity index (χ1n) is 9.63. The van der Waals surface area contributed by atoms with Crippen molar-refractivity contribution in [1.29, 1.82) is 0 Å². The van der Waals surface area contributed by atoms with Gasteiger partial charge in [-0.15, -0.1) is 0 Å². The van der Waals surface area contributed by atoms with Crippen molar-refractivity contribution < 1.29 is 9.26 Å². The van der Waals surface area contributed by atoms with E-state index in [1.807, 2.05) is 54.6 Å². The van der Waals surface area contributed by atoms with Crippen LogP contribution < -0.4 is 26.1 Å². The fourth-order valence-electron chi connectivity index (χ4n) is 3.20. The van der Waals surface area contributed by atoms with E-state index in [1.54, 1.807) is 12.1 Å². The number of rotatable bonds is 6. The fraction of sp³-hybridized carbons (Fsp3) is 0. The number of benzene rings is 4. The van der Waals surface area contributed by atoms with Crippen molar-refractivity contribution >= 4 is 43.8 Å². The molecule has 0 aliphatic rings. The molecule has 0 atom stereocenters. The summed E-state index contributed by atoms with van der Waals surface area (Å²) >= 11 is 0. The molecule has 4 aromatic carbocycles. The van der Waals surface area contributed by atoms with Crippen LogP contribution in [0.25, 0.3) is 0 Å². The van der Waals surface area contributed by atoms with Crippen molar-refractivity contribution in [3.8, 4) is 0 Å². The molecule has 0 bridgehead atoms. The molecule has 0 radical (unpaired) electrons. The molecule has 0 spiro atoms. The summed E-state index contributed by atoms with van der Waals surface area (Å²) in [6.45, 7) is 0. The molecule has 5 heteroatoms. The average Bonchev–Trinajstić information content (AvgIpc) is 2.81.